The quantitative estimate of drug-likeness (QED) is 0.526. The molecule has 0 bridgehead atoms. The van der Waals surface area contributed by atoms with Crippen LogP contribution in [0.1, 0.15) is 13.2 Å². The summed E-state index contributed by atoms with van der Waals surface area (Å²) in [4.78, 5) is 12.1. The molecule has 1 saturated heterocycles. The fourth-order valence-electron chi connectivity index (χ4n) is 2.61. The lowest BCUT2D eigenvalue weighted by Crippen LogP contribution is -2.44. The molecule has 3 unspecified atom stereocenters. The number of ether oxygens (including phenoxy) is 2. The molecule has 3 heterocycles. The van der Waals surface area contributed by atoms with Crippen molar-refractivity contribution in [2.24, 2.45) is 0 Å². The molecule has 0 aliphatic carbocycles. The first-order chi connectivity index (χ1) is 10.4. The largest absolute Gasteiger partial charge is 0.479 e. The van der Waals surface area contributed by atoms with Crippen molar-refractivity contribution in [1.82, 2.24) is 19.5 Å². The first-order valence-corrected chi connectivity index (χ1v) is 6.61. The summed E-state index contributed by atoms with van der Waals surface area (Å²) in [6.45, 7) is 0.979. The van der Waals surface area contributed by atoms with Gasteiger partial charge in [-0.3, -0.25) is 4.57 Å². The normalized spacial score (nSPS) is 31.8. The van der Waals surface area contributed by atoms with E-state index < -0.39 is 30.6 Å². The molecular weight excluding hydrogens is 294 g/mol. The van der Waals surface area contributed by atoms with Crippen LogP contribution in [-0.4, -0.2) is 66.4 Å². The van der Waals surface area contributed by atoms with E-state index in [4.69, 9.17) is 15.2 Å². The van der Waals surface area contributed by atoms with Gasteiger partial charge in [-0.2, -0.15) is 9.97 Å². The van der Waals surface area contributed by atoms with Crippen LogP contribution in [0.5, 0.6) is 5.88 Å². The van der Waals surface area contributed by atoms with Gasteiger partial charge in [0.05, 0.1) is 20.0 Å². The van der Waals surface area contributed by atoms with Gasteiger partial charge in [0.25, 0.3) is 0 Å². The average molecular weight is 311 g/mol. The van der Waals surface area contributed by atoms with Gasteiger partial charge in [-0.1, -0.05) is 0 Å². The number of hydrogen-bond acceptors (Lipinski definition) is 9. The molecule has 0 amide bonds. The third-order valence-corrected chi connectivity index (χ3v) is 3.79. The van der Waals surface area contributed by atoms with Gasteiger partial charge >= 0.3 is 0 Å². The van der Waals surface area contributed by atoms with Crippen LogP contribution in [0.2, 0.25) is 0 Å². The highest BCUT2D eigenvalue weighted by Crippen LogP contribution is 2.39. The van der Waals surface area contributed by atoms with Gasteiger partial charge in [0, 0.05) is 0 Å². The van der Waals surface area contributed by atoms with Crippen LogP contribution >= 0.6 is 0 Å². The topological polar surface area (TPSA) is 149 Å². The number of aliphatic hydroxyl groups excluding tert-OH is 2. The number of nitrogens with zero attached hydrogens (tertiary/aromatic N) is 4. The van der Waals surface area contributed by atoms with Gasteiger partial charge in [0.15, 0.2) is 17.4 Å². The molecule has 2 aromatic heterocycles. The van der Waals surface area contributed by atoms with Crippen molar-refractivity contribution in [2.75, 3.05) is 19.5 Å². The summed E-state index contributed by atoms with van der Waals surface area (Å²) in [7, 11) is 1.42. The molecule has 120 valence electrons. The monoisotopic (exact) mass is 311 g/mol. The van der Waals surface area contributed by atoms with Crippen LogP contribution in [0.4, 0.5) is 5.95 Å². The fourth-order valence-corrected chi connectivity index (χ4v) is 2.61. The number of methoxy groups -OCH3 is 1. The van der Waals surface area contributed by atoms with Crippen LogP contribution in [0.25, 0.3) is 11.2 Å². The summed E-state index contributed by atoms with van der Waals surface area (Å²) < 4.78 is 12.1. The molecule has 22 heavy (non-hydrogen) atoms. The molecule has 1 fully saturated rings. The van der Waals surface area contributed by atoms with E-state index in [1.165, 1.54) is 24.9 Å². The molecule has 0 aromatic carbocycles. The number of anilines is 1. The maximum atomic E-state index is 10.5. The van der Waals surface area contributed by atoms with E-state index in [0.29, 0.717) is 11.2 Å². The first-order valence-electron chi connectivity index (χ1n) is 6.61. The second-order valence-electron chi connectivity index (χ2n) is 5.30. The maximum absolute atomic E-state index is 10.5. The van der Waals surface area contributed by atoms with Gasteiger partial charge in [-0.05, 0) is 6.92 Å². The van der Waals surface area contributed by atoms with E-state index in [-0.39, 0.29) is 11.8 Å². The number of nitrogen functional groups attached to an aromatic ring is 1. The van der Waals surface area contributed by atoms with Gasteiger partial charge in [0.2, 0.25) is 11.8 Å². The van der Waals surface area contributed by atoms with Gasteiger partial charge in [0.1, 0.15) is 17.8 Å². The average Bonchev–Trinajstić information content (AvgIpc) is 2.98. The van der Waals surface area contributed by atoms with Crippen LogP contribution < -0.4 is 10.5 Å². The highest BCUT2D eigenvalue weighted by Gasteiger charge is 2.53. The molecule has 0 spiro atoms. The van der Waals surface area contributed by atoms with Crippen LogP contribution in [0.15, 0.2) is 6.33 Å². The number of fused-ring (bicyclic) bond motifs is 1. The third-order valence-electron chi connectivity index (χ3n) is 3.79. The number of hydrogen-bond donors (Lipinski definition) is 4. The number of imidazole rings is 1. The maximum Gasteiger partial charge on any atom is 0.246 e. The summed E-state index contributed by atoms with van der Waals surface area (Å²) in [6, 6.07) is 0. The molecule has 2 aromatic rings. The predicted molar refractivity (Wildman–Crippen MR) is 73.9 cm³/mol. The standard InChI is InChI=1S/C12H17N5O5/c1-12(20)7(19)5(3-18)22-10(12)17-4-14-6-8(17)15-11(13)16-9(6)21-2/h4-5,7,10,18-20H,3H2,1-2H3,(H2,13,15,16)/t5?,7?,10?,12-/m1/s1. The molecule has 1 aliphatic rings. The molecule has 3 rings (SSSR count). The van der Waals surface area contributed by atoms with Crippen LogP contribution in [0.3, 0.4) is 0 Å². The minimum absolute atomic E-state index is 0.0250. The SMILES string of the molecule is COc1nc(N)nc2c1ncn2C1OC(CO)C(O)[C@@]1(C)O. The van der Waals surface area contributed by atoms with E-state index in [1.54, 1.807) is 0 Å². The van der Waals surface area contributed by atoms with Crippen molar-refractivity contribution < 1.29 is 24.8 Å². The van der Waals surface area contributed by atoms with E-state index in [9.17, 15) is 15.3 Å². The lowest BCUT2D eigenvalue weighted by Gasteiger charge is -2.27. The fraction of sp³-hybridized carbons (Fsp3) is 0.583. The Bertz CT molecular complexity index is 703. The van der Waals surface area contributed by atoms with Crippen LogP contribution in [0, 0.1) is 0 Å². The second kappa shape index (κ2) is 5.02. The number of rotatable bonds is 3. The smallest absolute Gasteiger partial charge is 0.246 e. The lowest BCUT2D eigenvalue weighted by atomic mass is 9.96. The summed E-state index contributed by atoms with van der Waals surface area (Å²) in [5.74, 6) is 0.168. The molecule has 10 nitrogen and oxygen atoms in total. The predicted octanol–water partition coefficient (Wildman–Crippen LogP) is -1.58. The van der Waals surface area contributed by atoms with E-state index >= 15 is 0 Å². The Labute approximate surface area is 125 Å². The molecule has 1 aliphatic heterocycles. The lowest BCUT2D eigenvalue weighted by molar-refractivity contribution is -0.0950. The Morgan fingerprint density at radius 1 is 1.50 bits per heavy atom. The summed E-state index contributed by atoms with van der Waals surface area (Å²) >= 11 is 0. The van der Waals surface area contributed by atoms with Crippen molar-refractivity contribution in [3.63, 3.8) is 0 Å². The zero-order chi connectivity index (χ0) is 16.1. The Kier molecular flexibility index (Phi) is 3.40. The van der Waals surface area contributed by atoms with Gasteiger partial charge in [-0.25, -0.2) is 4.98 Å². The van der Waals surface area contributed by atoms with Crippen molar-refractivity contribution in [1.29, 1.82) is 0 Å². The van der Waals surface area contributed by atoms with Crippen molar-refractivity contribution in [3.05, 3.63) is 6.33 Å². The molecule has 0 radical (unpaired) electrons. The Morgan fingerprint density at radius 3 is 2.82 bits per heavy atom. The van der Waals surface area contributed by atoms with E-state index in [0.717, 1.165) is 0 Å². The Balaban J connectivity index is 2.13. The van der Waals surface area contributed by atoms with Gasteiger partial charge < -0.3 is 30.5 Å². The van der Waals surface area contributed by atoms with Gasteiger partial charge in [-0.15, -0.1) is 0 Å². The molecule has 4 atom stereocenters. The minimum atomic E-state index is -1.64. The highest BCUT2D eigenvalue weighted by molar-refractivity contribution is 5.77. The van der Waals surface area contributed by atoms with E-state index in [1.807, 2.05) is 0 Å². The molecular formula is C12H17N5O5. The second-order valence-corrected chi connectivity index (χ2v) is 5.30. The van der Waals surface area contributed by atoms with Crippen LogP contribution in [-0.2, 0) is 4.74 Å². The van der Waals surface area contributed by atoms with Crippen molar-refractivity contribution in [3.8, 4) is 5.88 Å². The molecule has 10 heteroatoms. The van der Waals surface area contributed by atoms with Crippen molar-refractivity contribution >= 4 is 17.1 Å². The summed E-state index contributed by atoms with van der Waals surface area (Å²) in [6.07, 6.45) is -1.80. The number of aromatic nitrogens is 4. The third kappa shape index (κ3) is 2.00. The number of nitrogens with two attached hydrogens (primary N) is 1. The summed E-state index contributed by atoms with van der Waals surface area (Å²) in [5, 5.41) is 29.8. The zero-order valence-corrected chi connectivity index (χ0v) is 12.0. The molecule has 5 N–H and O–H groups in total. The Hall–Kier alpha value is -2.01. The zero-order valence-electron chi connectivity index (χ0n) is 12.0. The Morgan fingerprint density at radius 2 is 2.23 bits per heavy atom. The number of aliphatic hydroxyl groups is 3. The minimum Gasteiger partial charge on any atom is -0.479 e. The highest BCUT2D eigenvalue weighted by atomic mass is 16.6. The van der Waals surface area contributed by atoms with E-state index in [2.05, 4.69) is 15.0 Å². The first kappa shape index (κ1) is 14.9. The molecule has 0 saturated carbocycles. The summed E-state index contributed by atoms with van der Waals surface area (Å²) in [5.41, 5.74) is 4.63. The van der Waals surface area contributed by atoms with Crippen molar-refractivity contribution in [2.45, 2.75) is 31.0 Å².